The summed E-state index contributed by atoms with van der Waals surface area (Å²) in [6.07, 6.45) is 1.45. The van der Waals surface area contributed by atoms with Gasteiger partial charge in [-0.05, 0) is 71.8 Å². The van der Waals surface area contributed by atoms with Gasteiger partial charge in [0.1, 0.15) is 11.8 Å². The number of ether oxygens (including phenoxy) is 3. The molecule has 0 aromatic heterocycles. The molecule has 1 amide bonds. The number of amides is 1. The smallest absolute Gasteiger partial charge is 0.309 e. The van der Waals surface area contributed by atoms with Crippen molar-refractivity contribution < 1.29 is 28.9 Å². The molecule has 3 aromatic rings. The van der Waals surface area contributed by atoms with Crippen molar-refractivity contribution in [1.82, 2.24) is 4.90 Å². The molecule has 8 nitrogen and oxygen atoms in total. The molecule has 2 aliphatic heterocycles. The Morgan fingerprint density at radius 1 is 0.975 bits per heavy atom. The molecule has 1 saturated heterocycles. The fourth-order valence-electron chi connectivity index (χ4n) is 6.34. The van der Waals surface area contributed by atoms with Crippen molar-refractivity contribution in [2.75, 3.05) is 19.9 Å². The van der Waals surface area contributed by atoms with E-state index in [4.69, 9.17) is 19.9 Å². The summed E-state index contributed by atoms with van der Waals surface area (Å²) < 4.78 is 16.7. The third-order valence-corrected chi connectivity index (χ3v) is 8.10. The van der Waals surface area contributed by atoms with Crippen LogP contribution < -0.4 is 19.9 Å². The maximum Gasteiger partial charge on any atom is 0.309 e. The molecule has 5 rings (SSSR count). The van der Waals surface area contributed by atoms with Crippen LogP contribution in [0.5, 0.6) is 17.2 Å². The molecule has 40 heavy (non-hydrogen) atoms. The number of hydrogen-bond donors (Lipinski definition) is 2. The van der Waals surface area contributed by atoms with Gasteiger partial charge in [-0.1, -0.05) is 50.2 Å². The second-order valence-corrected chi connectivity index (χ2v) is 10.2. The van der Waals surface area contributed by atoms with E-state index in [-0.39, 0.29) is 6.79 Å². The van der Waals surface area contributed by atoms with E-state index >= 15 is 0 Å². The van der Waals surface area contributed by atoms with E-state index in [1.807, 2.05) is 72.5 Å². The second-order valence-electron chi connectivity index (χ2n) is 10.2. The Balaban J connectivity index is 1.68. The lowest BCUT2D eigenvalue weighted by Gasteiger charge is -2.35. The highest BCUT2D eigenvalue weighted by Gasteiger charge is 2.51. The summed E-state index contributed by atoms with van der Waals surface area (Å²) in [5.74, 6) is -0.787. The van der Waals surface area contributed by atoms with Crippen LogP contribution in [0.2, 0.25) is 0 Å². The second kappa shape index (κ2) is 11.6. The summed E-state index contributed by atoms with van der Waals surface area (Å²) in [6.45, 7) is 7.00. The van der Waals surface area contributed by atoms with Gasteiger partial charge < -0.3 is 25.1 Å². The first-order valence-corrected chi connectivity index (χ1v) is 13.9. The number of likely N-dealkylation sites (tertiary alicyclic amines) is 1. The third kappa shape index (κ3) is 4.99. The van der Waals surface area contributed by atoms with Crippen LogP contribution in [0.25, 0.3) is 0 Å². The molecule has 2 aliphatic rings. The molecule has 0 spiro atoms. The van der Waals surface area contributed by atoms with E-state index in [1.54, 1.807) is 0 Å². The number of carboxylic acid groups (broad SMARTS) is 1. The van der Waals surface area contributed by atoms with Gasteiger partial charge in [-0.25, -0.2) is 0 Å². The number of rotatable bonds is 10. The number of hydrogen-bond acceptors (Lipinski definition) is 6. The van der Waals surface area contributed by atoms with Crippen LogP contribution in [-0.2, 0) is 22.4 Å². The van der Waals surface area contributed by atoms with Gasteiger partial charge in [0, 0.05) is 18.5 Å². The molecule has 2 heterocycles. The predicted molar refractivity (Wildman–Crippen MR) is 151 cm³/mol. The van der Waals surface area contributed by atoms with E-state index in [0.29, 0.717) is 30.4 Å². The monoisotopic (exact) mass is 544 g/mol. The zero-order valence-corrected chi connectivity index (χ0v) is 23.1. The molecule has 210 valence electrons. The number of nitrogens with two attached hydrogens (primary N) is 1. The molecule has 3 aromatic carbocycles. The Labute approximate surface area is 234 Å². The number of aryl methyl sites for hydroxylation is 2. The van der Waals surface area contributed by atoms with Gasteiger partial charge >= 0.3 is 5.97 Å². The van der Waals surface area contributed by atoms with Crippen LogP contribution >= 0.6 is 0 Å². The standard InChI is InChI=1S/C32H36N2O6/c1-4-19-8-7-9-20(5-2)27(19)30(31(33)35)34-17-24(22-12-15-25-26(16-22)40-18-39-25)28(32(36)37)29(34)21-10-13-23(14-11-21)38-6-3/h7-16,24,28-30H,4-6,17-18H2,1-3H3,(H2,33,35)(H,36,37). The molecule has 4 atom stereocenters. The average molecular weight is 545 g/mol. The fraction of sp³-hybridized carbons (Fsp3) is 0.375. The molecule has 0 saturated carbocycles. The predicted octanol–water partition coefficient (Wildman–Crippen LogP) is 5.01. The van der Waals surface area contributed by atoms with Gasteiger partial charge in [0.15, 0.2) is 11.5 Å². The molecule has 0 radical (unpaired) electrons. The van der Waals surface area contributed by atoms with Gasteiger partial charge in [0.25, 0.3) is 0 Å². The first-order chi connectivity index (χ1) is 19.4. The first kappa shape index (κ1) is 27.5. The highest BCUT2D eigenvalue weighted by molar-refractivity contribution is 5.83. The maximum absolute atomic E-state index is 13.4. The largest absolute Gasteiger partial charge is 0.494 e. The van der Waals surface area contributed by atoms with Crippen molar-refractivity contribution in [3.05, 3.63) is 88.5 Å². The molecule has 4 unspecified atom stereocenters. The topological polar surface area (TPSA) is 111 Å². The number of aliphatic carboxylic acids is 1. The average Bonchev–Trinajstić information content (AvgIpc) is 3.58. The number of primary amides is 1. The minimum absolute atomic E-state index is 0.129. The zero-order chi connectivity index (χ0) is 28.4. The van der Waals surface area contributed by atoms with Gasteiger partial charge in [-0.15, -0.1) is 0 Å². The molecular weight excluding hydrogens is 508 g/mol. The highest BCUT2D eigenvalue weighted by atomic mass is 16.7. The van der Waals surface area contributed by atoms with E-state index in [9.17, 15) is 14.7 Å². The van der Waals surface area contributed by atoms with Crippen molar-refractivity contribution in [3.63, 3.8) is 0 Å². The Kier molecular flexibility index (Phi) is 7.98. The summed E-state index contributed by atoms with van der Waals surface area (Å²) in [7, 11) is 0. The van der Waals surface area contributed by atoms with Crippen LogP contribution in [0.15, 0.2) is 60.7 Å². The molecular formula is C32H36N2O6. The molecule has 1 fully saturated rings. The number of carbonyl (C=O) groups excluding carboxylic acids is 1. The van der Waals surface area contributed by atoms with E-state index in [2.05, 4.69) is 13.8 Å². The maximum atomic E-state index is 13.4. The number of carbonyl (C=O) groups is 2. The fourth-order valence-corrected chi connectivity index (χ4v) is 6.34. The SMILES string of the molecule is CCOc1ccc(C2C(C(=O)O)C(c3ccc4c(c3)OCO4)CN2C(C(N)=O)c2c(CC)cccc2CC)cc1. The van der Waals surface area contributed by atoms with Crippen LogP contribution in [0.3, 0.4) is 0 Å². The minimum atomic E-state index is -0.938. The summed E-state index contributed by atoms with van der Waals surface area (Å²) in [5, 5.41) is 10.7. The van der Waals surface area contributed by atoms with E-state index in [0.717, 1.165) is 40.7 Å². The minimum Gasteiger partial charge on any atom is -0.494 e. The van der Waals surface area contributed by atoms with Crippen molar-refractivity contribution in [3.8, 4) is 17.2 Å². The highest BCUT2D eigenvalue weighted by Crippen LogP contribution is 2.51. The van der Waals surface area contributed by atoms with Crippen molar-refractivity contribution in [2.24, 2.45) is 11.7 Å². The quantitative estimate of drug-likeness (QED) is 0.369. The van der Waals surface area contributed by atoms with Crippen molar-refractivity contribution >= 4 is 11.9 Å². The zero-order valence-electron chi connectivity index (χ0n) is 23.1. The lowest BCUT2D eigenvalue weighted by atomic mass is 9.82. The normalized spacial score (nSPS) is 20.8. The summed E-state index contributed by atoms with van der Waals surface area (Å²) in [5.41, 5.74) is 10.8. The Hall–Kier alpha value is -4.04. The van der Waals surface area contributed by atoms with Crippen molar-refractivity contribution in [1.29, 1.82) is 0 Å². The van der Waals surface area contributed by atoms with Crippen LogP contribution in [0, 0.1) is 5.92 Å². The molecule has 0 aliphatic carbocycles. The van der Waals surface area contributed by atoms with Gasteiger partial charge in [0.2, 0.25) is 12.7 Å². The Bertz CT molecular complexity index is 1370. The lowest BCUT2D eigenvalue weighted by molar-refractivity contribution is -0.143. The van der Waals surface area contributed by atoms with E-state index in [1.165, 1.54) is 0 Å². The molecule has 8 heteroatoms. The Morgan fingerprint density at radius 3 is 2.23 bits per heavy atom. The number of nitrogens with zero attached hydrogens (tertiary/aromatic N) is 1. The first-order valence-electron chi connectivity index (χ1n) is 13.9. The van der Waals surface area contributed by atoms with Crippen molar-refractivity contribution in [2.45, 2.75) is 51.6 Å². The van der Waals surface area contributed by atoms with Gasteiger partial charge in [-0.2, -0.15) is 0 Å². The summed E-state index contributed by atoms with van der Waals surface area (Å²) in [6, 6.07) is 17.7. The Morgan fingerprint density at radius 2 is 1.62 bits per heavy atom. The number of benzene rings is 3. The van der Waals surface area contributed by atoms with E-state index < -0.39 is 35.8 Å². The van der Waals surface area contributed by atoms with Crippen LogP contribution in [0.4, 0.5) is 0 Å². The number of carboxylic acids is 1. The number of fused-ring (bicyclic) bond motifs is 1. The van der Waals surface area contributed by atoms with Crippen LogP contribution in [-0.4, -0.2) is 41.8 Å². The molecule has 0 bridgehead atoms. The summed E-state index contributed by atoms with van der Waals surface area (Å²) in [4.78, 5) is 28.5. The van der Waals surface area contributed by atoms with Crippen LogP contribution in [0.1, 0.15) is 66.6 Å². The third-order valence-electron chi connectivity index (χ3n) is 8.10. The van der Waals surface area contributed by atoms with Gasteiger partial charge in [0.05, 0.1) is 12.5 Å². The molecule has 3 N–H and O–H groups in total. The summed E-state index contributed by atoms with van der Waals surface area (Å²) >= 11 is 0. The van der Waals surface area contributed by atoms with Gasteiger partial charge in [-0.3, -0.25) is 14.5 Å². The lowest BCUT2D eigenvalue weighted by Crippen LogP contribution is -2.40.